The van der Waals surface area contributed by atoms with Crippen LogP contribution in [0.4, 0.5) is 22.4 Å². The number of amides is 3. The van der Waals surface area contributed by atoms with Crippen LogP contribution in [0.15, 0.2) is 42.5 Å². The molecule has 1 aliphatic rings. The lowest BCUT2D eigenvalue weighted by molar-refractivity contribution is -0.137. The summed E-state index contributed by atoms with van der Waals surface area (Å²) in [6.45, 7) is 1.06. The first kappa shape index (κ1) is 19.2. The topological polar surface area (TPSA) is 49.4 Å². The molecule has 3 amide bonds. The van der Waals surface area contributed by atoms with Gasteiger partial charge in [0.1, 0.15) is 11.4 Å². The zero-order chi connectivity index (χ0) is 20.0. The van der Waals surface area contributed by atoms with Crippen LogP contribution in [0.2, 0.25) is 5.02 Å². The molecule has 0 bridgehead atoms. The van der Waals surface area contributed by atoms with Crippen LogP contribution < -0.4 is 5.32 Å². The van der Waals surface area contributed by atoms with Crippen LogP contribution in [0.3, 0.4) is 0 Å². The van der Waals surface area contributed by atoms with Crippen LogP contribution >= 0.6 is 11.6 Å². The lowest BCUT2D eigenvalue weighted by atomic mass is 9.92. The maximum Gasteiger partial charge on any atom is 0.416 e. The van der Waals surface area contributed by atoms with Crippen molar-refractivity contribution in [2.45, 2.75) is 25.2 Å². The van der Waals surface area contributed by atoms with Crippen molar-refractivity contribution in [3.05, 3.63) is 70.0 Å². The number of halogens is 5. The van der Waals surface area contributed by atoms with Gasteiger partial charge in [-0.2, -0.15) is 13.2 Å². The zero-order valence-corrected chi connectivity index (χ0v) is 14.7. The van der Waals surface area contributed by atoms with Gasteiger partial charge < -0.3 is 5.32 Å². The molecule has 1 unspecified atom stereocenters. The Bertz CT molecular complexity index is 932. The average molecular weight is 401 g/mol. The lowest BCUT2D eigenvalue weighted by Gasteiger charge is -2.23. The van der Waals surface area contributed by atoms with Crippen LogP contribution in [0.25, 0.3) is 0 Å². The quantitative estimate of drug-likeness (QED) is 0.610. The standard InChI is InChI=1S/C18H13ClF4N2O2/c1-17(13-6-5-12(20)8-14(13)19)15(26)25(16(27)24-17)9-10-3-2-4-11(7-10)18(21,22)23/h2-8H,9H2,1H3,(H,24,27). The summed E-state index contributed by atoms with van der Waals surface area (Å²) in [6, 6.07) is 6.98. The van der Waals surface area contributed by atoms with Gasteiger partial charge in [-0.15, -0.1) is 0 Å². The van der Waals surface area contributed by atoms with Crippen LogP contribution in [0.5, 0.6) is 0 Å². The average Bonchev–Trinajstić information content (AvgIpc) is 2.78. The molecule has 4 nitrogen and oxygen atoms in total. The van der Waals surface area contributed by atoms with Gasteiger partial charge in [-0.05, 0) is 36.8 Å². The molecule has 2 aromatic carbocycles. The number of alkyl halides is 3. The number of hydrogen-bond acceptors (Lipinski definition) is 2. The molecule has 0 radical (unpaired) electrons. The van der Waals surface area contributed by atoms with Crippen molar-refractivity contribution in [3.8, 4) is 0 Å². The molecular weight excluding hydrogens is 388 g/mol. The molecule has 0 spiro atoms. The van der Waals surface area contributed by atoms with E-state index >= 15 is 0 Å². The molecular formula is C18H13ClF4N2O2. The van der Waals surface area contributed by atoms with E-state index in [2.05, 4.69) is 5.32 Å². The maximum absolute atomic E-state index is 13.3. The van der Waals surface area contributed by atoms with Gasteiger partial charge in [0.05, 0.1) is 12.1 Å². The number of nitrogens with zero attached hydrogens (tertiary/aromatic N) is 1. The fourth-order valence-corrected chi connectivity index (χ4v) is 3.30. The molecule has 0 aliphatic carbocycles. The monoisotopic (exact) mass is 400 g/mol. The van der Waals surface area contributed by atoms with Gasteiger partial charge in [-0.1, -0.05) is 29.8 Å². The minimum atomic E-state index is -4.54. The van der Waals surface area contributed by atoms with Crippen molar-refractivity contribution in [3.63, 3.8) is 0 Å². The van der Waals surface area contributed by atoms with E-state index in [0.717, 1.165) is 29.2 Å². The molecule has 1 saturated heterocycles. The summed E-state index contributed by atoms with van der Waals surface area (Å²) in [5.41, 5.74) is -2.10. The summed E-state index contributed by atoms with van der Waals surface area (Å²) in [4.78, 5) is 25.9. The smallest absolute Gasteiger partial charge is 0.319 e. The third-order valence-corrected chi connectivity index (χ3v) is 4.65. The molecule has 2 aromatic rings. The van der Waals surface area contributed by atoms with Crippen molar-refractivity contribution >= 4 is 23.5 Å². The first-order valence-electron chi connectivity index (χ1n) is 7.78. The van der Waals surface area contributed by atoms with Gasteiger partial charge in [0, 0.05) is 10.6 Å². The minimum Gasteiger partial charge on any atom is -0.319 e. The SMILES string of the molecule is CC1(c2ccc(F)cc2Cl)NC(=O)N(Cc2cccc(C(F)(F)F)c2)C1=O. The molecule has 142 valence electrons. The number of hydrogen-bond donors (Lipinski definition) is 1. The van der Waals surface area contributed by atoms with Gasteiger partial charge in [-0.3, -0.25) is 9.69 Å². The maximum atomic E-state index is 13.3. The molecule has 1 atom stereocenters. The number of carbonyl (C=O) groups is 2. The van der Waals surface area contributed by atoms with Gasteiger partial charge in [0.25, 0.3) is 5.91 Å². The van der Waals surface area contributed by atoms with E-state index < -0.39 is 35.0 Å². The fourth-order valence-electron chi connectivity index (χ4n) is 2.95. The summed E-state index contributed by atoms with van der Waals surface area (Å²) in [7, 11) is 0. The van der Waals surface area contributed by atoms with Crippen molar-refractivity contribution in [1.29, 1.82) is 0 Å². The number of urea groups is 1. The van der Waals surface area contributed by atoms with Crippen molar-refractivity contribution in [2.24, 2.45) is 0 Å². The van der Waals surface area contributed by atoms with Crippen molar-refractivity contribution in [2.75, 3.05) is 0 Å². The number of benzene rings is 2. The first-order chi connectivity index (χ1) is 12.5. The van der Waals surface area contributed by atoms with Crippen molar-refractivity contribution < 1.29 is 27.2 Å². The van der Waals surface area contributed by atoms with Crippen LogP contribution in [0.1, 0.15) is 23.6 Å². The number of rotatable bonds is 3. The van der Waals surface area contributed by atoms with E-state index in [4.69, 9.17) is 11.6 Å². The molecule has 0 saturated carbocycles. The van der Waals surface area contributed by atoms with E-state index in [1.54, 1.807) is 0 Å². The van der Waals surface area contributed by atoms with Gasteiger partial charge >= 0.3 is 12.2 Å². The Morgan fingerprint density at radius 2 is 1.85 bits per heavy atom. The normalized spacial score (nSPS) is 20.1. The lowest BCUT2D eigenvalue weighted by Crippen LogP contribution is -2.41. The molecule has 27 heavy (non-hydrogen) atoms. The van der Waals surface area contributed by atoms with Gasteiger partial charge in [0.2, 0.25) is 0 Å². The molecule has 1 fully saturated rings. The van der Waals surface area contributed by atoms with E-state index in [1.807, 2.05) is 0 Å². The van der Waals surface area contributed by atoms with E-state index in [-0.39, 0.29) is 22.7 Å². The third-order valence-electron chi connectivity index (χ3n) is 4.34. The molecule has 1 N–H and O–H groups in total. The van der Waals surface area contributed by atoms with E-state index in [0.29, 0.717) is 0 Å². The summed E-state index contributed by atoms with van der Waals surface area (Å²) in [5, 5.41) is 2.43. The minimum absolute atomic E-state index is 0.0490. The Morgan fingerprint density at radius 3 is 2.48 bits per heavy atom. The van der Waals surface area contributed by atoms with E-state index in [1.165, 1.54) is 25.1 Å². The highest BCUT2D eigenvalue weighted by atomic mass is 35.5. The molecule has 1 aliphatic heterocycles. The summed E-state index contributed by atoms with van der Waals surface area (Å²) in [6.07, 6.45) is -4.54. The molecule has 3 rings (SSSR count). The summed E-state index contributed by atoms with van der Waals surface area (Å²) in [5.74, 6) is -1.30. The Labute approximate surface area is 156 Å². The molecule has 0 aromatic heterocycles. The van der Waals surface area contributed by atoms with Gasteiger partial charge in [0.15, 0.2) is 0 Å². The Morgan fingerprint density at radius 1 is 1.15 bits per heavy atom. The predicted octanol–water partition coefficient (Wildman–Crippen LogP) is 4.47. The number of imide groups is 1. The van der Waals surface area contributed by atoms with Gasteiger partial charge in [-0.25, -0.2) is 9.18 Å². The predicted molar refractivity (Wildman–Crippen MR) is 89.3 cm³/mol. The summed E-state index contributed by atoms with van der Waals surface area (Å²) >= 11 is 6.00. The number of carbonyl (C=O) groups excluding carboxylic acids is 2. The van der Waals surface area contributed by atoms with Crippen LogP contribution in [-0.4, -0.2) is 16.8 Å². The Kier molecular flexibility index (Phi) is 4.63. The second-order valence-corrected chi connectivity index (χ2v) is 6.68. The van der Waals surface area contributed by atoms with Crippen molar-refractivity contribution in [1.82, 2.24) is 10.2 Å². The molecule has 1 heterocycles. The highest BCUT2D eigenvalue weighted by Gasteiger charge is 2.49. The zero-order valence-electron chi connectivity index (χ0n) is 13.9. The molecule has 9 heteroatoms. The van der Waals surface area contributed by atoms with Crippen LogP contribution in [-0.2, 0) is 23.1 Å². The fraction of sp³-hybridized carbons (Fsp3) is 0.222. The van der Waals surface area contributed by atoms with Crippen LogP contribution in [0, 0.1) is 5.82 Å². The number of nitrogens with one attached hydrogen (secondary N) is 1. The Hall–Kier alpha value is -2.61. The second-order valence-electron chi connectivity index (χ2n) is 6.27. The summed E-state index contributed by atoms with van der Waals surface area (Å²) < 4.78 is 51.8. The largest absolute Gasteiger partial charge is 0.416 e. The first-order valence-corrected chi connectivity index (χ1v) is 8.16. The highest BCUT2D eigenvalue weighted by Crippen LogP contribution is 2.35. The van der Waals surface area contributed by atoms with E-state index in [9.17, 15) is 27.2 Å². The Balaban J connectivity index is 1.91. The second kappa shape index (κ2) is 6.53. The highest BCUT2D eigenvalue weighted by molar-refractivity contribution is 6.32. The third kappa shape index (κ3) is 3.49.